The van der Waals surface area contributed by atoms with Crippen LogP contribution in [0.5, 0.6) is 11.5 Å². The van der Waals surface area contributed by atoms with Crippen LogP contribution in [0.1, 0.15) is 11.4 Å². The van der Waals surface area contributed by atoms with Gasteiger partial charge in [0.2, 0.25) is 0 Å². The molecule has 0 fully saturated rings. The molecule has 0 atom stereocenters. The van der Waals surface area contributed by atoms with E-state index in [0.717, 1.165) is 11.4 Å². The van der Waals surface area contributed by atoms with Crippen molar-refractivity contribution in [3.8, 4) is 11.5 Å². The van der Waals surface area contributed by atoms with Crippen LogP contribution < -0.4 is 10.5 Å². The number of H-pyrrole nitrogens is 1. The lowest BCUT2D eigenvalue weighted by Gasteiger charge is -2.07. The van der Waals surface area contributed by atoms with Crippen LogP contribution in [0.15, 0.2) is 18.2 Å². The highest BCUT2D eigenvalue weighted by Crippen LogP contribution is 2.31. The van der Waals surface area contributed by atoms with E-state index in [1.807, 2.05) is 6.92 Å². The summed E-state index contributed by atoms with van der Waals surface area (Å²) in [5.74, 6) is 1.17. The molecule has 3 N–H and O–H groups in total. The number of hydrogen-bond donors (Lipinski definition) is 2. The third-order valence-corrected chi connectivity index (χ3v) is 2.66. The largest absolute Gasteiger partial charge is 0.453 e. The summed E-state index contributed by atoms with van der Waals surface area (Å²) in [4.78, 5) is 0. The van der Waals surface area contributed by atoms with E-state index in [9.17, 15) is 0 Å². The summed E-state index contributed by atoms with van der Waals surface area (Å²) in [5.41, 5.74) is 7.05. The second-order valence-corrected chi connectivity index (χ2v) is 4.40. The first-order chi connectivity index (χ1) is 8.10. The van der Waals surface area contributed by atoms with Crippen LogP contribution in [0.25, 0.3) is 0 Å². The van der Waals surface area contributed by atoms with Gasteiger partial charge in [-0.15, -0.1) is 17.0 Å². The predicted octanol–water partition coefficient (Wildman–Crippen LogP) is 3.85. The molecule has 1 aromatic carbocycles. The Morgan fingerprint density at radius 1 is 1.28 bits per heavy atom. The van der Waals surface area contributed by atoms with Crippen LogP contribution in [-0.2, 0) is 6.54 Å². The average molecular weight is 353 g/mol. The third-order valence-electron chi connectivity index (χ3n) is 2.22. The molecule has 0 amide bonds. The summed E-state index contributed by atoms with van der Waals surface area (Å²) in [7, 11) is 0. The monoisotopic (exact) mass is 351 g/mol. The molecular weight excluding hydrogens is 341 g/mol. The number of aromatic nitrogens is 2. The SMILES string of the molecule is Br.Cc1n[nH]c(CN)c1Oc1cc(Cl)cc(Cl)c1. The molecule has 0 unspecified atom stereocenters. The lowest BCUT2D eigenvalue weighted by molar-refractivity contribution is 0.473. The second-order valence-electron chi connectivity index (χ2n) is 3.53. The normalized spacial score (nSPS) is 10.0. The Hall–Kier alpha value is -0.750. The number of ether oxygens (including phenoxy) is 1. The maximum atomic E-state index is 5.89. The van der Waals surface area contributed by atoms with Crippen molar-refractivity contribution in [3.63, 3.8) is 0 Å². The highest BCUT2D eigenvalue weighted by atomic mass is 79.9. The van der Waals surface area contributed by atoms with Gasteiger partial charge in [0.1, 0.15) is 11.4 Å². The van der Waals surface area contributed by atoms with E-state index in [-0.39, 0.29) is 17.0 Å². The maximum absolute atomic E-state index is 5.89. The molecule has 0 aliphatic rings. The van der Waals surface area contributed by atoms with Crippen molar-refractivity contribution in [2.45, 2.75) is 13.5 Å². The first-order valence-electron chi connectivity index (χ1n) is 4.98. The fraction of sp³-hybridized carbons (Fsp3) is 0.182. The summed E-state index contributed by atoms with van der Waals surface area (Å²) in [6.45, 7) is 2.15. The number of halogens is 3. The molecule has 0 saturated carbocycles. The predicted molar refractivity (Wildman–Crippen MR) is 78.1 cm³/mol. The minimum absolute atomic E-state index is 0. The Balaban J connectivity index is 0.00000162. The minimum Gasteiger partial charge on any atom is -0.453 e. The van der Waals surface area contributed by atoms with E-state index in [4.69, 9.17) is 33.7 Å². The molecule has 0 aliphatic carbocycles. The van der Waals surface area contributed by atoms with E-state index in [1.54, 1.807) is 18.2 Å². The Morgan fingerprint density at radius 3 is 2.44 bits per heavy atom. The zero-order valence-corrected chi connectivity index (χ0v) is 12.8. The van der Waals surface area contributed by atoms with Gasteiger partial charge in [-0.3, -0.25) is 5.10 Å². The molecule has 7 heteroatoms. The van der Waals surface area contributed by atoms with Crippen molar-refractivity contribution in [2.75, 3.05) is 0 Å². The molecular formula is C11H12BrCl2N3O. The van der Waals surface area contributed by atoms with E-state index in [1.165, 1.54) is 0 Å². The summed E-state index contributed by atoms with van der Waals surface area (Å²) >= 11 is 11.8. The van der Waals surface area contributed by atoms with Gasteiger partial charge in [0.25, 0.3) is 0 Å². The van der Waals surface area contributed by atoms with Gasteiger partial charge >= 0.3 is 0 Å². The Bertz CT molecular complexity index is 525. The molecule has 1 heterocycles. The zero-order chi connectivity index (χ0) is 12.4. The van der Waals surface area contributed by atoms with Crippen LogP contribution in [0.4, 0.5) is 0 Å². The van der Waals surface area contributed by atoms with Gasteiger partial charge in [0, 0.05) is 16.6 Å². The highest BCUT2D eigenvalue weighted by Gasteiger charge is 2.11. The number of aryl methyl sites for hydroxylation is 1. The smallest absolute Gasteiger partial charge is 0.172 e. The Kier molecular flexibility index (Phi) is 5.47. The third kappa shape index (κ3) is 3.38. The number of hydrogen-bond acceptors (Lipinski definition) is 3. The Morgan fingerprint density at radius 2 is 1.89 bits per heavy atom. The van der Waals surface area contributed by atoms with Gasteiger partial charge in [-0.05, 0) is 25.1 Å². The first kappa shape index (κ1) is 15.3. The Labute approximate surface area is 125 Å². The second kappa shape index (κ2) is 6.43. The molecule has 18 heavy (non-hydrogen) atoms. The fourth-order valence-electron chi connectivity index (χ4n) is 1.45. The van der Waals surface area contributed by atoms with Gasteiger partial charge in [0.15, 0.2) is 5.75 Å². The summed E-state index contributed by atoms with van der Waals surface area (Å²) in [6, 6.07) is 5.00. The summed E-state index contributed by atoms with van der Waals surface area (Å²) < 4.78 is 5.69. The first-order valence-corrected chi connectivity index (χ1v) is 5.73. The molecule has 0 bridgehead atoms. The van der Waals surface area contributed by atoms with Gasteiger partial charge < -0.3 is 10.5 Å². The van der Waals surface area contributed by atoms with E-state index in [0.29, 0.717) is 28.1 Å². The molecule has 4 nitrogen and oxygen atoms in total. The van der Waals surface area contributed by atoms with Crippen molar-refractivity contribution in [3.05, 3.63) is 39.6 Å². The van der Waals surface area contributed by atoms with Gasteiger partial charge in [0.05, 0.1) is 5.69 Å². The maximum Gasteiger partial charge on any atom is 0.172 e. The number of benzene rings is 1. The van der Waals surface area contributed by atoms with Crippen molar-refractivity contribution < 1.29 is 4.74 Å². The topological polar surface area (TPSA) is 63.9 Å². The molecule has 0 aliphatic heterocycles. The standard InChI is InChI=1S/C11H11Cl2N3O.BrH/c1-6-11(10(5-14)16-15-6)17-9-3-7(12)2-8(13)4-9;/h2-4H,5,14H2,1H3,(H,15,16);1H. The molecule has 0 spiro atoms. The molecule has 0 radical (unpaired) electrons. The van der Waals surface area contributed by atoms with Crippen molar-refractivity contribution >= 4 is 40.2 Å². The van der Waals surface area contributed by atoms with Crippen LogP contribution in [0.2, 0.25) is 10.0 Å². The summed E-state index contributed by atoms with van der Waals surface area (Å²) in [5, 5.41) is 7.87. The van der Waals surface area contributed by atoms with Crippen molar-refractivity contribution in [1.82, 2.24) is 10.2 Å². The summed E-state index contributed by atoms with van der Waals surface area (Å²) in [6.07, 6.45) is 0. The minimum atomic E-state index is 0. The van der Waals surface area contributed by atoms with E-state index in [2.05, 4.69) is 10.2 Å². The van der Waals surface area contributed by atoms with Gasteiger partial charge in [-0.25, -0.2) is 0 Å². The lowest BCUT2D eigenvalue weighted by Crippen LogP contribution is -1.99. The number of nitrogens with zero attached hydrogens (tertiary/aromatic N) is 1. The number of rotatable bonds is 3. The van der Waals surface area contributed by atoms with Crippen molar-refractivity contribution in [2.24, 2.45) is 5.73 Å². The molecule has 98 valence electrons. The van der Waals surface area contributed by atoms with Crippen LogP contribution in [-0.4, -0.2) is 10.2 Å². The number of nitrogens with two attached hydrogens (primary N) is 1. The quantitative estimate of drug-likeness (QED) is 0.881. The van der Waals surface area contributed by atoms with Crippen molar-refractivity contribution in [1.29, 1.82) is 0 Å². The van der Waals surface area contributed by atoms with Gasteiger partial charge in [-0.1, -0.05) is 23.2 Å². The highest BCUT2D eigenvalue weighted by molar-refractivity contribution is 8.93. The number of aromatic amines is 1. The molecule has 2 aromatic rings. The lowest BCUT2D eigenvalue weighted by atomic mass is 10.3. The van der Waals surface area contributed by atoms with E-state index < -0.39 is 0 Å². The van der Waals surface area contributed by atoms with Crippen LogP contribution in [0, 0.1) is 6.92 Å². The molecule has 0 saturated heterocycles. The number of nitrogens with one attached hydrogen (secondary N) is 1. The zero-order valence-electron chi connectivity index (χ0n) is 9.54. The van der Waals surface area contributed by atoms with Gasteiger partial charge in [-0.2, -0.15) is 5.10 Å². The molecule has 1 aromatic heterocycles. The average Bonchev–Trinajstić information content (AvgIpc) is 2.59. The van der Waals surface area contributed by atoms with E-state index >= 15 is 0 Å². The molecule has 2 rings (SSSR count). The fourth-order valence-corrected chi connectivity index (χ4v) is 1.96. The van der Waals surface area contributed by atoms with Crippen LogP contribution in [0.3, 0.4) is 0 Å². The van der Waals surface area contributed by atoms with Crippen LogP contribution >= 0.6 is 40.2 Å².